The monoisotopic (exact) mass is 428 g/mol. The van der Waals surface area contributed by atoms with Gasteiger partial charge >= 0.3 is 0 Å². The van der Waals surface area contributed by atoms with Gasteiger partial charge in [-0.3, -0.25) is 9.52 Å². The Kier molecular flexibility index (Phi) is 5.71. The fraction of sp³-hybridized carbons (Fsp3) is 0.409. The highest BCUT2D eigenvalue weighted by Gasteiger charge is 2.24. The normalized spacial score (nSPS) is 18.1. The van der Waals surface area contributed by atoms with E-state index >= 15 is 0 Å². The molecule has 2 aliphatic rings. The number of nitrogens with zero attached hydrogens (tertiary/aromatic N) is 3. The van der Waals surface area contributed by atoms with Crippen LogP contribution in [0.25, 0.3) is 0 Å². The summed E-state index contributed by atoms with van der Waals surface area (Å²) >= 11 is 0. The van der Waals surface area contributed by atoms with E-state index in [0.29, 0.717) is 18.7 Å². The lowest BCUT2D eigenvalue weighted by molar-refractivity contribution is -0.117. The molecule has 0 radical (unpaired) electrons. The summed E-state index contributed by atoms with van der Waals surface area (Å²) in [5, 5.41) is 0. The zero-order chi connectivity index (χ0) is 21.3. The maximum Gasteiger partial charge on any atom is 0.261 e. The first-order chi connectivity index (χ1) is 14.3. The van der Waals surface area contributed by atoms with Gasteiger partial charge in [0.25, 0.3) is 10.0 Å². The summed E-state index contributed by atoms with van der Waals surface area (Å²) in [5.74, 6) is 0.0901. The van der Waals surface area contributed by atoms with Gasteiger partial charge in [-0.25, -0.2) is 8.42 Å². The summed E-state index contributed by atoms with van der Waals surface area (Å²) in [5.41, 5.74) is 3.19. The van der Waals surface area contributed by atoms with Crippen molar-refractivity contribution >= 4 is 33.0 Å². The van der Waals surface area contributed by atoms with Crippen molar-refractivity contribution in [3.05, 3.63) is 48.0 Å². The Morgan fingerprint density at radius 1 is 0.933 bits per heavy atom. The highest BCUT2D eigenvalue weighted by Crippen LogP contribution is 2.28. The summed E-state index contributed by atoms with van der Waals surface area (Å²) in [6.45, 7) is 6.49. The maximum absolute atomic E-state index is 12.9. The van der Waals surface area contributed by atoms with Crippen LogP contribution in [0.15, 0.2) is 47.4 Å². The SMILES string of the molecule is Cc1cc(S(=O)(=O)Nc2ccc(N3CCN(C)CC3)cc2)ccc1N1CCCC1=O. The molecule has 4 rings (SSSR count). The second-order valence-electron chi connectivity index (χ2n) is 8.04. The molecule has 2 aliphatic heterocycles. The zero-order valence-corrected chi connectivity index (χ0v) is 18.3. The Morgan fingerprint density at radius 3 is 2.23 bits per heavy atom. The Hall–Kier alpha value is -2.58. The number of sulfonamides is 1. The second kappa shape index (κ2) is 8.28. The Labute approximate surface area is 178 Å². The molecular weight excluding hydrogens is 400 g/mol. The Morgan fingerprint density at radius 2 is 1.63 bits per heavy atom. The topological polar surface area (TPSA) is 73.0 Å². The van der Waals surface area contributed by atoms with E-state index in [4.69, 9.17) is 0 Å². The van der Waals surface area contributed by atoms with Crippen LogP contribution in [-0.4, -0.2) is 59.0 Å². The number of carbonyl (C=O) groups is 1. The molecule has 0 atom stereocenters. The van der Waals surface area contributed by atoms with Gasteiger partial charge in [0.15, 0.2) is 0 Å². The molecule has 1 N–H and O–H groups in total. The molecule has 160 valence electrons. The van der Waals surface area contributed by atoms with Gasteiger partial charge < -0.3 is 14.7 Å². The van der Waals surface area contributed by atoms with E-state index in [1.54, 1.807) is 35.2 Å². The van der Waals surface area contributed by atoms with Crippen molar-refractivity contribution in [1.82, 2.24) is 4.90 Å². The van der Waals surface area contributed by atoms with E-state index in [0.717, 1.165) is 49.5 Å². The molecule has 0 aliphatic carbocycles. The summed E-state index contributed by atoms with van der Waals surface area (Å²) in [6.07, 6.45) is 1.38. The van der Waals surface area contributed by atoms with Crippen molar-refractivity contribution < 1.29 is 13.2 Å². The molecule has 2 fully saturated rings. The fourth-order valence-corrected chi connectivity index (χ4v) is 5.16. The highest BCUT2D eigenvalue weighted by molar-refractivity contribution is 7.92. The number of hydrogen-bond donors (Lipinski definition) is 1. The molecule has 2 aromatic rings. The van der Waals surface area contributed by atoms with Crippen LogP contribution >= 0.6 is 0 Å². The van der Waals surface area contributed by atoms with E-state index < -0.39 is 10.0 Å². The molecule has 0 unspecified atom stereocenters. The minimum atomic E-state index is -3.71. The van der Waals surface area contributed by atoms with Crippen molar-refractivity contribution in [3.8, 4) is 0 Å². The van der Waals surface area contributed by atoms with Crippen LogP contribution < -0.4 is 14.5 Å². The lowest BCUT2D eigenvalue weighted by atomic mass is 10.2. The largest absolute Gasteiger partial charge is 0.369 e. The first-order valence-electron chi connectivity index (χ1n) is 10.3. The number of anilines is 3. The van der Waals surface area contributed by atoms with Gasteiger partial charge in [-0.15, -0.1) is 0 Å². The van der Waals surface area contributed by atoms with Crippen LogP contribution in [0.1, 0.15) is 18.4 Å². The predicted octanol–water partition coefficient (Wildman–Crippen LogP) is 2.67. The van der Waals surface area contributed by atoms with Crippen molar-refractivity contribution in [2.45, 2.75) is 24.7 Å². The first-order valence-corrected chi connectivity index (χ1v) is 11.8. The lowest BCUT2D eigenvalue weighted by Crippen LogP contribution is -2.44. The highest BCUT2D eigenvalue weighted by atomic mass is 32.2. The van der Waals surface area contributed by atoms with Crippen LogP contribution in [0.2, 0.25) is 0 Å². The van der Waals surface area contributed by atoms with Crippen LogP contribution in [-0.2, 0) is 14.8 Å². The number of rotatable bonds is 5. The minimum Gasteiger partial charge on any atom is -0.369 e. The zero-order valence-electron chi connectivity index (χ0n) is 17.5. The standard InChI is InChI=1S/C22H28N4O3S/c1-17-16-20(9-10-21(17)26-11-3-4-22(26)27)30(28,29)23-18-5-7-19(8-6-18)25-14-12-24(2)13-15-25/h5-10,16,23H,3-4,11-15H2,1-2H3. The van der Waals surface area contributed by atoms with E-state index in [2.05, 4.69) is 21.6 Å². The number of likely N-dealkylation sites (N-methyl/N-ethyl adjacent to an activating group) is 1. The summed E-state index contributed by atoms with van der Waals surface area (Å²) < 4.78 is 28.4. The van der Waals surface area contributed by atoms with Gasteiger partial charge in [-0.1, -0.05) is 0 Å². The van der Waals surface area contributed by atoms with Gasteiger partial charge in [0.1, 0.15) is 0 Å². The third-order valence-electron chi connectivity index (χ3n) is 5.83. The van der Waals surface area contributed by atoms with Gasteiger partial charge in [0.05, 0.1) is 4.90 Å². The van der Waals surface area contributed by atoms with Crippen LogP contribution in [0.5, 0.6) is 0 Å². The van der Waals surface area contributed by atoms with Crippen LogP contribution in [0.3, 0.4) is 0 Å². The number of hydrogen-bond acceptors (Lipinski definition) is 5. The van der Waals surface area contributed by atoms with Gasteiger partial charge in [-0.2, -0.15) is 0 Å². The molecule has 2 saturated heterocycles. The molecule has 0 spiro atoms. The number of aryl methyl sites for hydroxylation is 1. The van der Waals surface area contributed by atoms with E-state index in [1.807, 2.05) is 19.1 Å². The Bertz CT molecular complexity index is 1030. The predicted molar refractivity (Wildman–Crippen MR) is 120 cm³/mol. The summed E-state index contributed by atoms with van der Waals surface area (Å²) in [6, 6.07) is 12.4. The van der Waals surface area contributed by atoms with E-state index in [9.17, 15) is 13.2 Å². The fourth-order valence-electron chi connectivity index (χ4n) is 4.02. The summed E-state index contributed by atoms with van der Waals surface area (Å²) in [4.78, 5) is 18.5. The number of benzene rings is 2. The molecule has 7 nitrogen and oxygen atoms in total. The minimum absolute atomic E-state index is 0.0901. The third kappa shape index (κ3) is 4.29. The molecule has 2 aromatic carbocycles. The quantitative estimate of drug-likeness (QED) is 0.793. The number of amides is 1. The average Bonchev–Trinajstić information content (AvgIpc) is 3.14. The average molecular weight is 429 g/mol. The molecule has 8 heteroatoms. The number of carbonyl (C=O) groups excluding carboxylic acids is 1. The van der Waals surface area contributed by atoms with Crippen LogP contribution in [0.4, 0.5) is 17.1 Å². The second-order valence-corrected chi connectivity index (χ2v) is 9.72. The molecular formula is C22H28N4O3S. The number of piperazine rings is 1. The molecule has 0 saturated carbocycles. The first kappa shape index (κ1) is 20.7. The Balaban J connectivity index is 1.47. The van der Waals surface area contributed by atoms with Crippen molar-refractivity contribution in [1.29, 1.82) is 0 Å². The van der Waals surface area contributed by atoms with Gasteiger partial charge in [0.2, 0.25) is 5.91 Å². The molecule has 0 bridgehead atoms. The maximum atomic E-state index is 12.9. The van der Waals surface area contributed by atoms with Crippen molar-refractivity contribution in [2.24, 2.45) is 0 Å². The molecule has 1 amide bonds. The van der Waals surface area contributed by atoms with Gasteiger partial charge in [0, 0.05) is 56.2 Å². The van der Waals surface area contributed by atoms with Crippen molar-refractivity contribution in [3.63, 3.8) is 0 Å². The summed E-state index contributed by atoms with van der Waals surface area (Å²) in [7, 11) is -1.59. The van der Waals surface area contributed by atoms with Crippen LogP contribution in [0, 0.1) is 6.92 Å². The molecule has 30 heavy (non-hydrogen) atoms. The molecule has 2 heterocycles. The van der Waals surface area contributed by atoms with Gasteiger partial charge in [-0.05, 0) is 68.4 Å². The lowest BCUT2D eigenvalue weighted by Gasteiger charge is -2.34. The van der Waals surface area contributed by atoms with Crippen molar-refractivity contribution in [2.75, 3.05) is 54.3 Å². The molecule has 0 aromatic heterocycles. The third-order valence-corrected chi connectivity index (χ3v) is 7.21. The van der Waals surface area contributed by atoms with E-state index in [1.165, 1.54) is 0 Å². The smallest absolute Gasteiger partial charge is 0.261 e. The number of nitrogens with one attached hydrogen (secondary N) is 1. The van der Waals surface area contributed by atoms with E-state index in [-0.39, 0.29) is 10.8 Å².